The largest absolute Gasteiger partial charge is 0.481 e. The highest BCUT2D eigenvalue weighted by molar-refractivity contribution is 5.87. The molecular formula is C39H67N7O19. The summed E-state index contributed by atoms with van der Waals surface area (Å²) < 4.78 is 33.0. The summed E-state index contributed by atoms with van der Waals surface area (Å²) in [4.78, 5) is 119. The van der Waals surface area contributed by atoms with Gasteiger partial charge in [-0.1, -0.05) is 0 Å². The first-order chi connectivity index (χ1) is 30.7. The van der Waals surface area contributed by atoms with Crippen molar-refractivity contribution in [2.75, 3.05) is 105 Å². The fraction of sp³-hybridized carbons (Fsp3) is 0.744. The Kier molecular flexibility index (Phi) is 32.5. The molecular weight excluding hydrogens is 870 g/mol. The van der Waals surface area contributed by atoms with Crippen LogP contribution >= 0.6 is 0 Å². The van der Waals surface area contributed by atoms with Crippen LogP contribution in [0.25, 0.3) is 0 Å². The van der Waals surface area contributed by atoms with Gasteiger partial charge >= 0.3 is 24.0 Å². The molecule has 0 spiro atoms. The summed E-state index contributed by atoms with van der Waals surface area (Å²) >= 11 is 0. The number of carboxylic acid groups (broad SMARTS) is 3. The molecule has 0 saturated carbocycles. The number of carbonyl (C=O) groups excluding carboxylic acids is 7. The SMILES string of the molecule is CC(C)(C)OC(=O)NCCOCCOCCNC(=O)CCC(=O)NCC(=O)NC(COCCC(=O)NCCC(=O)O)(COCCC(=O)NCCC(=O)O)COCCC(=O)NCCC(=O)O. The number of hydrogen-bond donors (Lipinski definition) is 10. The highest BCUT2D eigenvalue weighted by atomic mass is 16.6. The molecule has 0 aromatic heterocycles. The Labute approximate surface area is 376 Å². The number of ether oxygens (including phenoxy) is 6. The average molecular weight is 938 g/mol. The number of rotatable bonds is 39. The summed E-state index contributed by atoms with van der Waals surface area (Å²) in [6.07, 6.45) is -2.56. The predicted octanol–water partition coefficient (Wildman–Crippen LogP) is -2.60. The van der Waals surface area contributed by atoms with Crippen LogP contribution in [-0.2, 0) is 71.6 Å². The zero-order valence-corrected chi connectivity index (χ0v) is 37.3. The van der Waals surface area contributed by atoms with Crippen LogP contribution < -0.4 is 37.2 Å². The van der Waals surface area contributed by atoms with E-state index in [4.69, 9.17) is 43.7 Å². The molecule has 0 rings (SSSR count). The molecule has 0 aromatic rings. The molecule has 26 nitrogen and oxygen atoms in total. The van der Waals surface area contributed by atoms with E-state index >= 15 is 0 Å². The van der Waals surface area contributed by atoms with Gasteiger partial charge in [0.1, 0.15) is 11.1 Å². The van der Waals surface area contributed by atoms with Crippen LogP contribution in [0, 0.1) is 0 Å². The van der Waals surface area contributed by atoms with E-state index in [1.165, 1.54) is 0 Å². The molecule has 0 saturated heterocycles. The fourth-order valence-electron chi connectivity index (χ4n) is 4.77. The first-order valence-electron chi connectivity index (χ1n) is 20.9. The molecule has 65 heavy (non-hydrogen) atoms. The van der Waals surface area contributed by atoms with Crippen LogP contribution in [-0.4, -0.2) is 191 Å². The van der Waals surface area contributed by atoms with Crippen molar-refractivity contribution < 1.29 is 91.7 Å². The number of hydrogen-bond acceptors (Lipinski definition) is 16. The van der Waals surface area contributed by atoms with Crippen LogP contribution in [0.5, 0.6) is 0 Å². The molecule has 0 aliphatic heterocycles. The minimum atomic E-state index is -1.58. The third kappa shape index (κ3) is 38.5. The van der Waals surface area contributed by atoms with Crippen molar-refractivity contribution in [3.8, 4) is 0 Å². The van der Waals surface area contributed by atoms with Crippen molar-refractivity contribution >= 4 is 59.4 Å². The van der Waals surface area contributed by atoms with Gasteiger partial charge in [-0.3, -0.25) is 43.2 Å². The molecule has 0 aliphatic rings. The third-order valence-electron chi connectivity index (χ3n) is 7.82. The highest BCUT2D eigenvalue weighted by Gasteiger charge is 2.34. The van der Waals surface area contributed by atoms with Crippen LogP contribution in [0.1, 0.15) is 72.1 Å². The van der Waals surface area contributed by atoms with Gasteiger partial charge in [0.25, 0.3) is 0 Å². The smallest absolute Gasteiger partial charge is 0.407 e. The number of aliphatic carboxylic acids is 3. The molecule has 0 bridgehead atoms. The quantitative estimate of drug-likeness (QED) is 0.0283. The second kappa shape index (κ2) is 35.6. The second-order valence-electron chi connectivity index (χ2n) is 15.0. The Morgan fingerprint density at radius 3 is 1.12 bits per heavy atom. The Hall–Kier alpha value is -5.70. The maximum Gasteiger partial charge on any atom is 0.407 e. The van der Waals surface area contributed by atoms with Gasteiger partial charge in [0.2, 0.25) is 35.4 Å². The van der Waals surface area contributed by atoms with E-state index < -0.39 is 77.1 Å². The zero-order valence-electron chi connectivity index (χ0n) is 37.3. The lowest BCUT2D eigenvalue weighted by Crippen LogP contribution is -2.60. The van der Waals surface area contributed by atoms with Gasteiger partial charge in [-0.05, 0) is 20.8 Å². The van der Waals surface area contributed by atoms with Gasteiger partial charge in [0.15, 0.2) is 0 Å². The number of carbonyl (C=O) groups is 10. The third-order valence-corrected chi connectivity index (χ3v) is 7.82. The van der Waals surface area contributed by atoms with Crippen LogP contribution in [0.4, 0.5) is 4.79 Å². The van der Waals surface area contributed by atoms with Crippen molar-refractivity contribution in [3.05, 3.63) is 0 Å². The average Bonchev–Trinajstić information content (AvgIpc) is 3.20. The van der Waals surface area contributed by atoms with E-state index in [-0.39, 0.29) is 150 Å². The lowest BCUT2D eigenvalue weighted by atomic mass is 10.0. The summed E-state index contributed by atoms with van der Waals surface area (Å²) in [7, 11) is 0. The molecule has 7 amide bonds. The lowest BCUT2D eigenvalue weighted by Gasteiger charge is -2.34. The summed E-state index contributed by atoms with van der Waals surface area (Å²) in [5.41, 5.74) is -2.19. The van der Waals surface area contributed by atoms with E-state index in [0.29, 0.717) is 0 Å². The molecule has 0 aliphatic carbocycles. The standard InChI is InChI=1S/C39H67N7O19/c1-38(2,3)65-37(59)44-16-21-61-23-22-60-20-15-43-28(47)4-5-29(48)45-24-33(52)46-39(25-62-17-9-30(49)40-12-6-34(53)54,26-63-18-10-31(50)41-13-7-35(55)56)27-64-19-11-32(51)42-14-8-36(57)58/h4-27H2,1-3H3,(H,40,49)(H,41,50)(H,42,51)(H,43,47)(H,44,59)(H,45,48)(H,46,52)(H,53,54)(H,55,56)(H,57,58). The van der Waals surface area contributed by atoms with Crippen molar-refractivity contribution in [3.63, 3.8) is 0 Å². The van der Waals surface area contributed by atoms with E-state index in [9.17, 15) is 47.9 Å². The minimum absolute atomic E-state index is 0.119. The summed E-state index contributed by atoms with van der Waals surface area (Å²) in [6, 6.07) is 0. The first-order valence-corrected chi connectivity index (χ1v) is 20.9. The molecule has 0 radical (unpaired) electrons. The fourth-order valence-corrected chi connectivity index (χ4v) is 4.77. The van der Waals surface area contributed by atoms with Crippen LogP contribution in [0.3, 0.4) is 0 Å². The molecule has 10 N–H and O–H groups in total. The molecule has 0 aromatic carbocycles. The van der Waals surface area contributed by atoms with E-state index in [0.717, 1.165) is 0 Å². The summed E-state index contributed by atoms with van der Waals surface area (Å²) in [5, 5.41) is 43.9. The van der Waals surface area contributed by atoms with E-state index in [1.54, 1.807) is 20.8 Å². The Balaban J connectivity index is 5.27. The lowest BCUT2D eigenvalue weighted by molar-refractivity contribution is -0.138. The monoisotopic (exact) mass is 937 g/mol. The number of nitrogens with one attached hydrogen (secondary N) is 7. The Morgan fingerprint density at radius 1 is 0.385 bits per heavy atom. The first kappa shape index (κ1) is 59.3. The van der Waals surface area contributed by atoms with Gasteiger partial charge in [-0.15, -0.1) is 0 Å². The van der Waals surface area contributed by atoms with Crippen LogP contribution in [0.2, 0.25) is 0 Å². The molecule has 26 heteroatoms. The van der Waals surface area contributed by atoms with Gasteiger partial charge in [0, 0.05) is 64.8 Å². The topological polar surface area (TPSA) is 371 Å². The van der Waals surface area contributed by atoms with Crippen molar-refractivity contribution in [1.29, 1.82) is 0 Å². The predicted molar refractivity (Wildman–Crippen MR) is 224 cm³/mol. The second-order valence-corrected chi connectivity index (χ2v) is 15.0. The van der Waals surface area contributed by atoms with Crippen molar-refractivity contribution in [1.82, 2.24) is 37.2 Å². The maximum absolute atomic E-state index is 13.3. The highest BCUT2D eigenvalue weighted by Crippen LogP contribution is 2.11. The summed E-state index contributed by atoms with van der Waals surface area (Å²) in [6.45, 7) is 3.79. The van der Waals surface area contributed by atoms with E-state index in [2.05, 4.69) is 37.2 Å². The van der Waals surface area contributed by atoms with Crippen LogP contribution in [0.15, 0.2) is 0 Å². The van der Waals surface area contributed by atoms with E-state index in [1.807, 2.05) is 0 Å². The molecule has 0 unspecified atom stereocenters. The number of alkyl carbamates (subject to hydrolysis) is 1. The minimum Gasteiger partial charge on any atom is -0.481 e. The van der Waals surface area contributed by atoms with Gasteiger partial charge in [-0.25, -0.2) is 4.79 Å². The number of amides is 7. The van der Waals surface area contributed by atoms with Gasteiger partial charge in [-0.2, -0.15) is 0 Å². The summed E-state index contributed by atoms with van der Waals surface area (Å²) in [5.74, 6) is -6.77. The van der Waals surface area contributed by atoms with Gasteiger partial charge in [0.05, 0.1) is 91.9 Å². The van der Waals surface area contributed by atoms with Crippen molar-refractivity contribution in [2.24, 2.45) is 0 Å². The molecule has 0 atom stereocenters. The normalized spacial score (nSPS) is 11.1. The Morgan fingerprint density at radius 2 is 0.738 bits per heavy atom. The van der Waals surface area contributed by atoms with Gasteiger partial charge < -0.3 is 81.0 Å². The maximum atomic E-state index is 13.3. The molecule has 0 heterocycles. The number of carboxylic acids is 3. The van der Waals surface area contributed by atoms with Crippen molar-refractivity contribution in [2.45, 2.75) is 83.3 Å². The molecule has 372 valence electrons. The Bertz CT molecular complexity index is 1410. The zero-order chi connectivity index (χ0) is 48.9. The molecule has 0 fully saturated rings.